The van der Waals surface area contributed by atoms with E-state index in [9.17, 15) is 0 Å². The van der Waals surface area contributed by atoms with Crippen LogP contribution >= 0.6 is 15.9 Å². The zero-order valence-electron chi connectivity index (χ0n) is 9.43. The summed E-state index contributed by atoms with van der Waals surface area (Å²) in [6, 6.07) is 6.64. The van der Waals surface area contributed by atoms with Crippen molar-refractivity contribution in [3.8, 4) is 11.5 Å². The van der Waals surface area contributed by atoms with E-state index in [-0.39, 0.29) is 5.75 Å². The molecule has 0 radical (unpaired) electrons. The smallest absolute Gasteiger partial charge is 0.147 e. The summed E-state index contributed by atoms with van der Waals surface area (Å²) in [4.78, 5) is 4.26. The first-order chi connectivity index (χ1) is 8.20. The average molecular weight is 297 g/mol. The summed E-state index contributed by atoms with van der Waals surface area (Å²) < 4.78 is 8.56. The lowest BCUT2D eigenvalue weighted by Gasteiger charge is -2.08. The number of hydrogen-bond acceptors (Lipinski definition) is 3. The van der Waals surface area contributed by atoms with E-state index in [1.807, 2.05) is 4.57 Å². The summed E-state index contributed by atoms with van der Waals surface area (Å²) in [5, 5.41) is 9.15. The molecule has 17 heavy (non-hydrogen) atoms. The lowest BCUT2D eigenvalue weighted by atomic mass is 10.3. The fourth-order valence-electron chi connectivity index (χ4n) is 1.53. The molecule has 0 spiro atoms. The van der Waals surface area contributed by atoms with E-state index in [0.29, 0.717) is 12.4 Å². The minimum absolute atomic E-state index is 0.232. The predicted molar refractivity (Wildman–Crippen MR) is 68.0 cm³/mol. The van der Waals surface area contributed by atoms with Crippen molar-refractivity contribution in [2.45, 2.75) is 20.1 Å². The molecule has 0 aliphatic rings. The van der Waals surface area contributed by atoms with Crippen molar-refractivity contribution in [3.05, 3.63) is 40.9 Å². The number of rotatable bonds is 4. The molecule has 90 valence electrons. The SMILES string of the molecule is CCn1c(Br)cnc1COc1ccc(O)cc1. The lowest BCUT2D eigenvalue weighted by Crippen LogP contribution is -2.06. The minimum Gasteiger partial charge on any atom is -0.508 e. The number of aromatic hydroxyl groups is 1. The van der Waals surface area contributed by atoms with Crippen LogP contribution in [0.2, 0.25) is 0 Å². The molecule has 0 aliphatic carbocycles. The molecule has 1 aromatic heterocycles. The van der Waals surface area contributed by atoms with Gasteiger partial charge in [0, 0.05) is 6.54 Å². The molecule has 0 amide bonds. The Morgan fingerprint density at radius 1 is 1.35 bits per heavy atom. The average Bonchev–Trinajstić information content (AvgIpc) is 2.69. The fraction of sp³-hybridized carbons (Fsp3) is 0.250. The molecule has 0 bridgehead atoms. The first-order valence-corrected chi connectivity index (χ1v) is 6.11. The third kappa shape index (κ3) is 2.79. The first kappa shape index (κ1) is 12.0. The van der Waals surface area contributed by atoms with Crippen LogP contribution in [0, 0.1) is 0 Å². The van der Waals surface area contributed by atoms with Gasteiger partial charge in [0.1, 0.15) is 28.5 Å². The number of nitrogens with zero attached hydrogens (tertiary/aromatic N) is 2. The predicted octanol–water partition coefficient (Wildman–Crippen LogP) is 2.95. The highest BCUT2D eigenvalue weighted by atomic mass is 79.9. The second kappa shape index (κ2) is 5.23. The number of imidazole rings is 1. The van der Waals surface area contributed by atoms with E-state index in [1.165, 1.54) is 0 Å². The highest BCUT2D eigenvalue weighted by molar-refractivity contribution is 9.10. The van der Waals surface area contributed by atoms with Gasteiger partial charge >= 0.3 is 0 Å². The van der Waals surface area contributed by atoms with E-state index in [1.54, 1.807) is 30.5 Å². The molecular weight excluding hydrogens is 284 g/mol. The van der Waals surface area contributed by atoms with E-state index < -0.39 is 0 Å². The Hall–Kier alpha value is -1.49. The van der Waals surface area contributed by atoms with E-state index >= 15 is 0 Å². The van der Waals surface area contributed by atoms with Crippen LogP contribution in [0.15, 0.2) is 35.1 Å². The Morgan fingerprint density at radius 2 is 2.06 bits per heavy atom. The largest absolute Gasteiger partial charge is 0.508 e. The third-order valence-corrected chi connectivity index (χ3v) is 3.04. The maximum Gasteiger partial charge on any atom is 0.147 e. The maximum atomic E-state index is 9.15. The van der Waals surface area contributed by atoms with Gasteiger partial charge in [0.05, 0.1) is 6.20 Å². The van der Waals surface area contributed by atoms with Gasteiger partial charge in [-0.2, -0.15) is 0 Å². The molecule has 0 saturated heterocycles. The molecule has 0 unspecified atom stereocenters. The second-order valence-corrected chi connectivity index (χ2v) is 4.34. The van der Waals surface area contributed by atoms with E-state index in [0.717, 1.165) is 17.0 Å². The lowest BCUT2D eigenvalue weighted by molar-refractivity contribution is 0.289. The zero-order chi connectivity index (χ0) is 12.3. The number of hydrogen-bond donors (Lipinski definition) is 1. The van der Waals surface area contributed by atoms with Crippen molar-refractivity contribution in [1.82, 2.24) is 9.55 Å². The molecule has 5 heteroatoms. The number of aromatic nitrogens is 2. The molecule has 0 saturated carbocycles. The van der Waals surface area contributed by atoms with E-state index in [4.69, 9.17) is 9.84 Å². The molecule has 1 N–H and O–H groups in total. The molecule has 2 rings (SSSR count). The Morgan fingerprint density at radius 3 is 2.71 bits per heavy atom. The number of benzene rings is 1. The second-order valence-electron chi connectivity index (χ2n) is 3.52. The maximum absolute atomic E-state index is 9.15. The zero-order valence-corrected chi connectivity index (χ0v) is 11.0. The van der Waals surface area contributed by atoms with Crippen LogP contribution in [-0.4, -0.2) is 14.7 Å². The first-order valence-electron chi connectivity index (χ1n) is 5.32. The summed E-state index contributed by atoms with van der Waals surface area (Å²) in [7, 11) is 0. The van der Waals surface area contributed by atoms with Crippen LogP contribution in [0.4, 0.5) is 0 Å². The van der Waals surface area contributed by atoms with Gasteiger partial charge in [-0.05, 0) is 47.1 Å². The van der Waals surface area contributed by atoms with Crippen molar-refractivity contribution in [2.24, 2.45) is 0 Å². The minimum atomic E-state index is 0.232. The Bertz CT molecular complexity index is 494. The topological polar surface area (TPSA) is 47.3 Å². The number of ether oxygens (including phenoxy) is 1. The normalized spacial score (nSPS) is 10.5. The van der Waals surface area contributed by atoms with Gasteiger partial charge in [-0.15, -0.1) is 0 Å². The van der Waals surface area contributed by atoms with Crippen LogP contribution in [0.25, 0.3) is 0 Å². The monoisotopic (exact) mass is 296 g/mol. The van der Waals surface area contributed by atoms with Crippen LogP contribution < -0.4 is 4.74 Å². The van der Waals surface area contributed by atoms with Crippen LogP contribution in [-0.2, 0) is 13.2 Å². The highest BCUT2D eigenvalue weighted by Gasteiger charge is 2.06. The molecule has 1 heterocycles. The summed E-state index contributed by atoms with van der Waals surface area (Å²) in [6.45, 7) is 3.30. The highest BCUT2D eigenvalue weighted by Crippen LogP contribution is 2.18. The molecule has 0 fully saturated rings. The van der Waals surface area contributed by atoms with Crippen molar-refractivity contribution >= 4 is 15.9 Å². The Kier molecular flexibility index (Phi) is 3.68. The van der Waals surface area contributed by atoms with Gasteiger partial charge in [0.25, 0.3) is 0 Å². The summed E-state index contributed by atoms with van der Waals surface area (Å²) >= 11 is 3.42. The molecule has 0 atom stereocenters. The summed E-state index contributed by atoms with van der Waals surface area (Å²) in [6.07, 6.45) is 1.76. The molecule has 2 aromatic rings. The van der Waals surface area contributed by atoms with Crippen LogP contribution in [0.5, 0.6) is 11.5 Å². The van der Waals surface area contributed by atoms with Gasteiger partial charge < -0.3 is 14.4 Å². The van der Waals surface area contributed by atoms with Crippen molar-refractivity contribution < 1.29 is 9.84 Å². The fourth-order valence-corrected chi connectivity index (χ4v) is 2.09. The number of phenolic OH excluding ortho intramolecular Hbond substituents is 1. The van der Waals surface area contributed by atoms with Crippen LogP contribution in [0.1, 0.15) is 12.7 Å². The molecular formula is C12H13BrN2O2. The van der Waals surface area contributed by atoms with Gasteiger partial charge in [0.2, 0.25) is 0 Å². The molecule has 0 aliphatic heterocycles. The van der Waals surface area contributed by atoms with Crippen molar-refractivity contribution in [1.29, 1.82) is 0 Å². The Balaban J connectivity index is 2.04. The van der Waals surface area contributed by atoms with Crippen LogP contribution in [0.3, 0.4) is 0 Å². The third-order valence-electron chi connectivity index (χ3n) is 2.41. The number of phenols is 1. The standard InChI is InChI=1S/C12H13BrN2O2/c1-2-15-11(13)7-14-12(15)8-17-10-5-3-9(16)4-6-10/h3-7,16H,2,8H2,1H3. The molecule has 4 nitrogen and oxygen atoms in total. The Labute approximate surface area is 108 Å². The van der Waals surface area contributed by atoms with Gasteiger partial charge in [-0.25, -0.2) is 4.98 Å². The molecule has 1 aromatic carbocycles. The van der Waals surface area contributed by atoms with Gasteiger partial charge in [-0.3, -0.25) is 0 Å². The summed E-state index contributed by atoms with van der Waals surface area (Å²) in [5.41, 5.74) is 0. The van der Waals surface area contributed by atoms with Crippen molar-refractivity contribution in [2.75, 3.05) is 0 Å². The van der Waals surface area contributed by atoms with E-state index in [2.05, 4.69) is 27.8 Å². The van der Waals surface area contributed by atoms with Gasteiger partial charge in [-0.1, -0.05) is 0 Å². The van der Waals surface area contributed by atoms with Gasteiger partial charge in [0.15, 0.2) is 0 Å². The van der Waals surface area contributed by atoms with Crippen molar-refractivity contribution in [3.63, 3.8) is 0 Å². The summed E-state index contributed by atoms with van der Waals surface area (Å²) in [5.74, 6) is 1.81. The quantitative estimate of drug-likeness (QED) is 0.944. The number of halogens is 1.